The fraction of sp³-hybridized carbons (Fsp3) is 0.375. The van der Waals surface area contributed by atoms with E-state index in [4.69, 9.17) is 10.5 Å². The smallest absolute Gasteiger partial charge is 0.131 e. The second kappa shape index (κ2) is 5.49. The molecule has 0 spiro atoms. The monoisotopic (exact) mass is 271 g/mol. The molecule has 0 bridgehead atoms. The summed E-state index contributed by atoms with van der Waals surface area (Å²) in [4.78, 5) is 8.93. The third kappa shape index (κ3) is 2.33. The van der Waals surface area contributed by atoms with Crippen molar-refractivity contribution in [2.45, 2.75) is 34.1 Å². The van der Waals surface area contributed by atoms with Gasteiger partial charge in [-0.25, -0.2) is 9.97 Å². The fourth-order valence-corrected chi connectivity index (χ4v) is 2.24. The van der Waals surface area contributed by atoms with Gasteiger partial charge in [-0.2, -0.15) is 0 Å². The third-order valence-corrected chi connectivity index (χ3v) is 3.68. The second-order valence-corrected chi connectivity index (χ2v) is 4.94. The van der Waals surface area contributed by atoms with E-state index in [1.165, 1.54) is 5.56 Å². The Hall–Kier alpha value is -2.10. The van der Waals surface area contributed by atoms with E-state index in [2.05, 4.69) is 29.9 Å². The lowest BCUT2D eigenvalue weighted by molar-refractivity contribution is 0.413. The molecule has 2 rings (SSSR count). The van der Waals surface area contributed by atoms with E-state index in [1.54, 1.807) is 7.11 Å². The molecule has 4 nitrogen and oxygen atoms in total. The lowest BCUT2D eigenvalue weighted by atomic mass is 9.99. The molecule has 1 heterocycles. The van der Waals surface area contributed by atoms with E-state index in [0.717, 1.165) is 40.4 Å². The van der Waals surface area contributed by atoms with Crippen LogP contribution in [0.2, 0.25) is 0 Å². The molecule has 0 saturated heterocycles. The van der Waals surface area contributed by atoms with E-state index < -0.39 is 0 Å². The number of aryl methyl sites for hydroxylation is 2. The van der Waals surface area contributed by atoms with Crippen molar-refractivity contribution in [1.29, 1.82) is 0 Å². The van der Waals surface area contributed by atoms with Crippen LogP contribution < -0.4 is 10.5 Å². The summed E-state index contributed by atoms with van der Waals surface area (Å²) in [6.45, 7) is 8.09. The van der Waals surface area contributed by atoms with Crippen LogP contribution in [0, 0.1) is 20.8 Å². The maximum Gasteiger partial charge on any atom is 0.131 e. The molecule has 1 aromatic heterocycles. The summed E-state index contributed by atoms with van der Waals surface area (Å²) >= 11 is 0. The molecule has 2 aromatic rings. The Morgan fingerprint density at radius 3 is 2.40 bits per heavy atom. The van der Waals surface area contributed by atoms with Gasteiger partial charge in [-0.05, 0) is 38.0 Å². The first-order chi connectivity index (χ1) is 9.49. The van der Waals surface area contributed by atoms with Crippen molar-refractivity contribution < 1.29 is 4.74 Å². The van der Waals surface area contributed by atoms with Crippen LogP contribution in [0.15, 0.2) is 12.1 Å². The zero-order valence-electron chi connectivity index (χ0n) is 12.7. The molecule has 106 valence electrons. The lowest BCUT2D eigenvalue weighted by Crippen LogP contribution is -2.05. The summed E-state index contributed by atoms with van der Waals surface area (Å²) in [5, 5.41) is 0. The Morgan fingerprint density at radius 2 is 1.80 bits per heavy atom. The van der Waals surface area contributed by atoms with Crippen LogP contribution in [0.5, 0.6) is 5.75 Å². The number of aromatic nitrogens is 2. The number of hydrogen-bond donors (Lipinski definition) is 1. The lowest BCUT2D eigenvalue weighted by Gasteiger charge is -2.16. The van der Waals surface area contributed by atoms with Gasteiger partial charge in [0, 0.05) is 17.5 Å². The van der Waals surface area contributed by atoms with Crippen molar-refractivity contribution >= 4 is 5.82 Å². The predicted octanol–water partition coefficient (Wildman–Crippen LogP) is 3.22. The van der Waals surface area contributed by atoms with E-state index in [0.29, 0.717) is 5.82 Å². The van der Waals surface area contributed by atoms with Gasteiger partial charge < -0.3 is 10.5 Å². The van der Waals surface area contributed by atoms with Gasteiger partial charge in [0.25, 0.3) is 0 Å². The van der Waals surface area contributed by atoms with Crippen LogP contribution in [0.1, 0.15) is 29.4 Å². The number of nitrogens with zero attached hydrogens (tertiary/aromatic N) is 2. The van der Waals surface area contributed by atoms with Crippen molar-refractivity contribution in [3.05, 3.63) is 34.6 Å². The molecule has 0 radical (unpaired) electrons. The molecule has 0 aliphatic carbocycles. The molecule has 4 heteroatoms. The highest BCUT2D eigenvalue weighted by molar-refractivity contribution is 5.75. The average molecular weight is 271 g/mol. The molecule has 0 fully saturated rings. The van der Waals surface area contributed by atoms with Crippen LogP contribution in [-0.4, -0.2) is 17.1 Å². The molecular formula is C16H21N3O. The zero-order chi connectivity index (χ0) is 14.9. The third-order valence-electron chi connectivity index (χ3n) is 3.68. The summed E-state index contributed by atoms with van der Waals surface area (Å²) in [6.07, 6.45) is 0.755. The predicted molar refractivity (Wildman–Crippen MR) is 82.0 cm³/mol. The number of benzene rings is 1. The molecule has 0 aliphatic heterocycles. The fourth-order valence-electron chi connectivity index (χ4n) is 2.24. The SMILES string of the molecule is CCc1nc(N)c(C)c(-c2ccc(C)c(C)c2OC)n1. The van der Waals surface area contributed by atoms with Crippen molar-refractivity contribution in [3.8, 4) is 17.0 Å². The molecule has 0 unspecified atom stereocenters. The summed E-state index contributed by atoms with van der Waals surface area (Å²) in [5.74, 6) is 2.14. The van der Waals surface area contributed by atoms with Gasteiger partial charge in [0.05, 0.1) is 12.8 Å². The standard InChI is InChI=1S/C16H21N3O/c1-6-13-18-14(11(4)16(17)19-13)12-8-7-9(2)10(3)15(12)20-5/h7-8H,6H2,1-5H3,(H2,17,18,19). The average Bonchev–Trinajstić information content (AvgIpc) is 2.44. The zero-order valence-corrected chi connectivity index (χ0v) is 12.7. The minimum Gasteiger partial charge on any atom is -0.496 e. The van der Waals surface area contributed by atoms with E-state index >= 15 is 0 Å². The van der Waals surface area contributed by atoms with Crippen LogP contribution in [0.3, 0.4) is 0 Å². The summed E-state index contributed by atoms with van der Waals surface area (Å²) in [5.41, 5.74) is 11.0. The van der Waals surface area contributed by atoms with Crippen LogP contribution >= 0.6 is 0 Å². The van der Waals surface area contributed by atoms with Gasteiger partial charge in [0.15, 0.2) is 0 Å². The van der Waals surface area contributed by atoms with E-state index in [-0.39, 0.29) is 0 Å². The number of anilines is 1. The highest BCUT2D eigenvalue weighted by atomic mass is 16.5. The molecule has 0 amide bonds. The Morgan fingerprint density at radius 1 is 1.10 bits per heavy atom. The van der Waals surface area contributed by atoms with Crippen LogP contribution in [0.25, 0.3) is 11.3 Å². The molecular weight excluding hydrogens is 250 g/mol. The first-order valence-electron chi connectivity index (χ1n) is 6.77. The number of hydrogen-bond acceptors (Lipinski definition) is 4. The van der Waals surface area contributed by atoms with Crippen molar-refractivity contribution in [2.75, 3.05) is 12.8 Å². The van der Waals surface area contributed by atoms with Crippen LogP contribution in [-0.2, 0) is 6.42 Å². The van der Waals surface area contributed by atoms with Gasteiger partial charge in [-0.3, -0.25) is 0 Å². The maximum absolute atomic E-state index is 6.00. The maximum atomic E-state index is 6.00. The minimum absolute atomic E-state index is 0.534. The minimum atomic E-state index is 0.534. The van der Waals surface area contributed by atoms with Crippen LogP contribution in [0.4, 0.5) is 5.82 Å². The number of nitrogens with two attached hydrogens (primary N) is 1. The van der Waals surface area contributed by atoms with E-state index in [1.807, 2.05) is 19.9 Å². The molecule has 0 saturated carbocycles. The summed E-state index contributed by atoms with van der Waals surface area (Å²) in [7, 11) is 1.69. The highest BCUT2D eigenvalue weighted by Crippen LogP contribution is 2.36. The first-order valence-corrected chi connectivity index (χ1v) is 6.77. The molecule has 0 aliphatic rings. The van der Waals surface area contributed by atoms with Gasteiger partial charge in [-0.15, -0.1) is 0 Å². The van der Waals surface area contributed by atoms with Crippen molar-refractivity contribution in [1.82, 2.24) is 9.97 Å². The van der Waals surface area contributed by atoms with Crippen molar-refractivity contribution in [3.63, 3.8) is 0 Å². The number of nitrogen functional groups attached to an aromatic ring is 1. The highest BCUT2D eigenvalue weighted by Gasteiger charge is 2.16. The topological polar surface area (TPSA) is 61.0 Å². The largest absolute Gasteiger partial charge is 0.496 e. The Labute approximate surface area is 120 Å². The molecule has 1 aromatic carbocycles. The van der Waals surface area contributed by atoms with Gasteiger partial charge in [0.1, 0.15) is 17.4 Å². The molecule has 0 atom stereocenters. The first kappa shape index (κ1) is 14.3. The Bertz CT molecular complexity index is 651. The van der Waals surface area contributed by atoms with Gasteiger partial charge in [0.2, 0.25) is 0 Å². The van der Waals surface area contributed by atoms with Crippen molar-refractivity contribution in [2.24, 2.45) is 0 Å². The molecule has 2 N–H and O–H groups in total. The Kier molecular flexibility index (Phi) is 3.93. The number of ether oxygens (including phenoxy) is 1. The second-order valence-electron chi connectivity index (χ2n) is 4.94. The Balaban J connectivity index is 2.74. The number of rotatable bonds is 3. The summed E-state index contributed by atoms with van der Waals surface area (Å²) < 4.78 is 5.58. The van der Waals surface area contributed by atoms with Gasteiger partial charge >= 0.3 is 0 Å². The summed E-state index contributed by atoms with van der Waals surface area (Å²) in [6, 6.07) is 4.12. The van der Waals surface area contributed by atoms with Gasteiger partial charge in [-0.1, -0.05) is 13.0 Å². The number of methoxy groups -OCH3 is 1. The molecule has 20 heavy (non-hydrogen) atoms. The van der Waals surface area contributed by atoms with E-state index in [9.17, 15) is 0 Å². The normalized spacial score (nSPS) is 10.7. The quantitative estimate of drug-likeness (QED) is 0.931.